The second-order valence-electron chi connectivity index (χ2n) is 5.86. The lowest BCUT2D eigenvalue weighted by molar-refractivity contribution is -0.123. The van der Waals surface area contributed by atoms with E-state index < -0.39 is 0 Å². The van der Waals surface area contributed by atoms with Crippen LogP contribution in [0.2, 0.25) is 0 Å². The van der Waals surface area contributed by atoms with Crippen LogP contribution in [0.1, 0.15) is 45.1 Å². The molecule has 0 saturated heterocycles. The van der Waals surface area contributed by atoms with E-state index in [1.54, 1.807) is 12.4 Å². The number of pyridine rings is 1. The Balaban J connectivity index is 1.85. The van der Waals surface area contributed by atoms with Gasteiger partial charge >= 0.3 is 0 Å². The van der Waals surface area contributed by atoms with Crippen LogP contribution in [-0.2, 0) is 11.2 Å². The van der Waals surface area contributed by atoms with Gasteiger partial charge in [0, 0.05) is 24.7 Å². The third-order valence-corrected chi connectivity index (χ3v) is 4.27. The first-order chi connectivity index (χ1) is 8.66. The van der Waals surface area contributed by atoms with Crippen LogP contribution in [0.4, 0.5) is 0 Å². The van der Waals surface area contributed by atoms with E-state index in [0.29, 0.717) is 18.1 Å². The van der Waals surface area contributed by atoms with Crippen LogP contribution in [0.25, 0.3) is 0 Å². The van der Waals surface area contributed by atoms with Crippen molar-refractivity contribution in [3.8, 4) is 0 Å². The van der Waals surface area contributed by atoms with Crippen molar-refractivity contribution in [3.05, 3.63) is 30.1 Å². The Morgan fingerprint density at radius 3 is 2.61 bits per heavy atom. The fraction of sp³-hybridized carbons (Fsp3) is 0.625. The fourth-order valence-electron chi connectivity index (χ4n) is 2.96. The lowest BCUT2D eigenvalue weighted by atomic mass is 9.75. The topological polar surface area (TPSA) is 30.0 Å². The molecule has 0 bridgehead atoms. The summed E-state index contributed by atoms with van der Waals surface area (Å²) in [5.74, 6) is 2.29. The van der Waals surface area contributed by atoms with Gasteiger partial charge in [-0.1, -0.05) is 19.9 Å². The van der Waals surface area contributed by atoms with Crippen LogP contribution in [-0.4, -0.2) is 10.8 Å². The summed E-state index contributed by atoms with van der Waals surface area (Å²) in [6, 6.07) is 3.89. The summed E-state index contributed by atoms with van der Waals surface area (Å²) < 4.78 is 0. The van der Waals surface area contributed by atoms with Gasteiger partial charge in [0.15, 0.2) is 0 Å². The van der Waals surface area contributed by atoms with E-state index in [0.717, 1.165) is 30.2 Å². The average Bonchev–Trinajstić information content (AvgIpc) is 2.40. The minimum absolute atomic E-state index is 0.292. The Kier molecular flexibility index (Phi) is 4.51. The monoisotopic (exact) mass is 245 g/mol. The molecule has 1 aromatic rings. The Bertz CT molecular complexity index is 377. The smallest absolute Gasteiger partial charge is 0.140 e. The molecule has 0 N–H and O–H groups in total. The number of carbonyl (C=O) groups is 1. The standard InChI is InChI=1S/C16H23NO/c1-12(2)14-5-7-15(8-6-14)16(18)10-13-4-3-9-17-11-13/h3-4,9,11-12,14-15H,5-8,10H2,1-2H3. The fourth-order valence-corrected chi connectivity index (χ4v) is 2.96. The second-order valence-corrected chi connectivity index (χ2v) is 5.86. The van der Waals surface area contributed by atoms with Crippen molar-refractivity contribution in [1.82, 2.24) is 4.98 Å². The molecular weight excluding hydrogens is 222 g/mol. The zero-order valence-electron chi connectivity index (χ0n) is 11.4. The van der Waals surface area contributed by atoms with Crippen LogP contribution in [0.15, 0.2) is 24.5 Å². The van der Waals surface area contributed by atoms with Gasteiger partial charge in [-0.15, -0.1) is 0 Å². The number of hydrogen-bond donors (Lipinski definition) is 0. The maximum Gasteiger partial charge on any atom is 0.140 e. The molecule has 1 heterocycles. The zero-order valence-corrected chi connectivity index (χ0v) is 11.4. The number of carbonyl (C=O) groups excluding carboxylic acids is 1. The van der Waals surface area contributed by atoms with E-state index in [1.807, 2.05) is 12.1 Å². The maximum atomic E-state index is 12.2. The highest BCUT2D eigenvalue weighted by Gasteiger charge is 2.27. The molecule has 2 nitrogen and oxygen atoms in total. The summed E-state index contributed by atoms with van der Waals surface area (Å²) >= 11 is 0. The van der Waals surface area contributed by atoms with Crippen molar-refractivity contribution in [2.24, 2.45) is 17.8 Å². The predicted octanol–water partition coefficient (Wildman–Crippen LogP) is 3.66. The maximum absolute atomic E-state index is 12.2. The normalized spacial score (nSPS) is 24.2. The van der Waals surface area contributed by atoms with Crippen LogP contribution in [0.3, 0.4) is 0 Å². The van der Waals surface area contributed by atoms with Gasteiger partial charge in [0.05, 0.1) is 0 Å². The molecule has 1 fully saturated rings. The molecule has 18 heavy (non-hydrogen) atoms. The Hall–Kier alpha value is -1.18. The van der Waals surface area contributed by atoms with Crippen LogP contribution < -0.4 is 0 Å². The first-order valence-corrected chi connectivity index (χ1v) is 7.08. The van der Waals surface area contributed by atoms with E-state index in [9.17, 15) is 4.79 Å². The first-order valence-electron chi connectivity index (χ1n) is 7.08. The van der Waals surface area contributed by atoms with Crippen molar-refractivity contribution < 1.29 is 4.79 Å². The van der Waals surface area contributed by atoms with E-state index in [4.69, 9.17) is 0 Å². The number of nitrogens with zero attached hydrogens (tertiary/aromatic N) is 1. The Morgan fingerprint density at radius 2 is 2.06 bits per heavy atom. The van der Waals surface area contributed by atoms with Crippen LogP contribution in [0, 0.1) is 17.8 Å². The third kappa shape index (κ3) is 3.41. The molecule has 0 aliphatic heterocycles. The van der Waals surface area contributed by atoms with Gasteiger partial charge in [-0.25, -0.2) is 0 Å². The lowest BCUT2D eigenvalue weighted by Gasteiger charge is -2.30. The molecule has 0 spiro atoms. The molecule has 2 heteroatoms. The summed E-state index contributed by atoms with van der Waals surface area (Å²) in [5.41, 5.74) is 1.05. The number of rotatable bonds is 4. The molecule has 0 amide bonds. The van der Waals surface area contributed by atoms with Gasteiger partial charge in [-0.3, -0.25) is 9.78 Å². The lowest BCUT2D eigenvalue weighted by Crippen LogP contribution is -2.25. The number of ketones is 1. The largest absolute Gasteiger partial charge is 0.299 e. The summed E-state index contributed by atoms with van der Waals surface area (Å²) in [6.07, 6.45) is 8.73. The molecule has 98 valence electrons. The van der Waals surface area contributed by atoms with Crippen molar-refractivity contribution >= 4 is 5.78 Å². The quantitative estimate of drug-likeness (QED) is 0.810. The summed E-state index contributed by atoms with van der Waals surface area (Å²) in [4.78, 5) is 16.3. The van der Waals surface area contributed by atoms with Crippen molar-refractivity contribution in [2.45, 2.75) is 46.0 Å². The van der Waals surface area contributed by atoms with Crippen molar-refractivity contribution in [1.29, 1.82) is 0 Å². The molecule has 1 saturated carbocycles. The zero-order chi connectivity index (χ0) is 13.0. The minimum atomic E-state index is 0.292. The molecule has 1 aliphatic carbocycles. The molecule has 1 aromatic heterocycles. The summed E-state index contributed by atoms with van der Waals surface area (Å²) in [6.45, 7) is 4.59. The highest BCUT2D eigenvalue weighted by Crippen LogP contribution is 2.34. The summed E-state index contributed by atoms with van der Waals surface area (Å²) in [5, 5.41) is 0. The Labute approximate surface area is 110 Å². The van der Waals surface area contributed by atoms with Gasteiger partial charge in [0.25, 0.3) is 0 Å². The van der Waals surface area contributed by atoms with E-state index in [2.05, 4.69) is 18.8 Å². The van der Waals surface area contributed by atoms with E-state index in [1.165, 1.54) is 12.8 Å². The molecule has 0 radical (unpaired) electrons. The highest BCUT2D eigenvalue weighted by molar-refractivity contribution is 5.83. The van der Waals surface area contributed by atoms with Crippen molar-refractivity contribution in [2.75, 3.05) is 0 Å². The van der Waals surface area contributed by atoms with Gasteiger partial charge in [0.2, 0.25) is 0 Å². The second kappa shape index (κ2) is 6.12. The van der Waals surface area contributed by atoms with E-state index >= 15 is 0 Å². The number of hydrogen-bond acceptors (Lipinski definition) is 2. The average molecular weight is 245 g/mol. The SMILES string of the molecule is CC(C)C1CCC(C(=O)Cc2cccnc2)CC1. The third-order valence-electron chi connectivity index (χ3n) is 4.27. The van der Waals surface area contributed by atoms with Gasteiger partial charge in [-0.2, -0.15) is 0 Å². The van der Waals surface area contributed by atoms with E-state index in [-0.39, 0.29) is 0 Å². The minimum Gasteiger partial charge on any atom is -0.299 e. The number of aromatic nitrogens is 1. The van der Waals surface area contributed by atoms with Crippen LogP contribution >= 0.6 is 0 Å². The Morgan fingerprint density at radius 1 is 1.33 bits per heavy atom. The van der Waals surface area contributed by atoms with Gasteiger partial charge in [0.1, 0.15) is 5.78 Å². The molecule has 0 atom stereocenters. The van der Waals surface area contributed by atoms with Gasteiger partial charge < -0.3 is 0 Å². The molecule has 2 rings (SSSR count). The van der Waals surface area contributed by atoms with Gasteiger partial charge in [-0.05, 0) is 49.1 Å². The molecule has 0 aromatic carbocycles. The molecule has 0 unspecified atom stereocenters. The first kappa shape index (κ1) is 13.3. The summed E-state index contributed by atoms with van der Waals surface area (Å²) in [7, 11) is 0. The predicted molar refractivity (Wildman–Crippen MR) is 73.2 cm³/mol. The highest BCUT2D eigenvalue weighted by atomic mass is 16.1. The molecule has 1 aliphatic rings. The van der Waals surface area contributed by atoms with Crippen LogP contribution in [0.5, 0.6) is 0 Å². The molecular formula is C16H23NO. The number of Topliss-reactive ketones (excluding diaryl/α,β-unsaturated/α-hetero) is 1. The van der Waals surface area contributed by atoms with Crippen molar-refractivity contribution in [3.63, 3.8) is 0 Å².